The molecule has 19 heavy (non-hydrogen) atoms. The third kappa shape index (κ3) is 3.06. The summed E-state index contributed by atoms with van der Waals surface area (Å²) in [5.74, 6) is 1.33. The average molecular weight is 299 g/mol. The number of hydrogen-bond acceptors (Lipinski definition) is 1. The maximum atomic E-state index is 6.21. The summed E-state index contributed by atoms with van der Waals surface area (Å²) in [4.78, 5) is 4.58. The Bertz CT molecular complexity index is 548. The zero-order chi connectivity index (χ0) is 13.8. The van der Waals surface area contributed by atoms with Crippen LogP contribution in [0.1, 0.15) is 51.4 Å². The number of imidazole rings is 1. The SMILES string of the molecule is CCCCCC(C)n1c(CCl)nc2c(Cl)cccc21. The molecule has 0 amide bonds. The van der Waals surface area contributed by atoms with Gasteiger partial charge in [0.1, 0.15) is 11.3 Å². The maximum absolute atomic E-state index is 6.21. The monoisotopic (exact) mass is 298 g/mol. The summed E-state index contributed by atoms with van der Waals surface area (Å²) in [6.45, 7) is 4.45. The van der Waals surface area contributed by atoms with Gasteiger partial charge in [0.15, 0.2) is 0 Å². The summed E-state index contributed by atoms with van der Waals surface area (Å²) in [5, 5.41) is 0.698. The van der Waals surface area contributed by atoms with E-state index in [1.165, 1.54) is 19.3 Å². The van der Waals surface area contributed by atoms with Crippen molar-refractivity contribution in [2.24, 2.45) is 0 Å². The number of rotatable bonds is 6. The van der Waals surface area contributed by atoms with Gasteiger partial charge in [0, 0.05) is 6.04 Å². The summed E-state index contributed by atoms with van der Waals surface area (Å²) < 4.78 is 2.24. The van der Waals surface area contributed by atoms with E-state index in [0.717, 1.165) is 23.3 Å². The Morgan fingerprint density at radius 3 is 2.79 bits per heavy atom. The van der Waals surface area contributed by atoms with Gasteiger partial charge in [-0.05, 0) is 25.5 Å². The van der Waals surface area contributed by atoms with E-state index in [1.54, 1.807) is 0 Å². The van der Waals surface area contributed by atoms with Gasteiger partial charge in [0.25, 0.3) is 0 Å². The van der Waals surface area contributed by atoms with E-state index in [-0.39, 0.29) is 0 Å². The van der Waals surface area contributed by atoms with Crippen molar-refractivity contribution in [3.63, 3.8) is 0 Å². The largest absolute Gasteiger partial charge is 0.324 e. The molecular weight excluding hydrogens is 279 g/mol. The third-order valence-electron chi connectivity index (χ3n) is 3.53. The Labute approximate surface area is 124 Å². The first-order valence-electron chi connectivity index (χ1n) is 6.90. The quantitative estimate of drug-likeness (QED) is 0.503. The van der Waals surface area contributed by atoms with Crippen LogP contribution in [0.15, 0.2) is 18.2 Å². The first kappa shape index (κ1) is 14.7. The molecule has 0 saturated heterocycles. The van der Waals surface area contributed by atoms with Crippen molar-refractivity contribution >= 4 is 34.2 Å². The molecule has 0 aliphatic rings. The van der Waals surface area contributed by atoms with Gasteiger partial charge in [-0.25, -0.2) is 4.98 Å². The van der Waals surface area contributed by atoms with Gasteiger partial charge in [-0.2, -0.15) is 0 Å². The molecule has 1 heterocycles. The third-order valence-corrected chi connectivity index (χ3v) is 4.07. The van der Waals surface area contributed by atoms with E-state index in [2.05, 4.69) is 29.5 Å². The molecule has 0 bridgehead atoms. The van der Waals surface area contributed by atoms with Crippen molar-refractivity contribution in [1.82, 2.24) is 9.55 Å². The number of aromatic nitrogens is 2. The number of hydrogen-bond donors (Lipinski definition) is 0. The number of nitrogens with zero attached hydrogens (tertiary/aromatic N) is 2. The first-order chi connectivity index (χ1) is 9.19. The van der Waals surface area contributed by atoms with Gasteiger partial charge in [-0.1, -0.05) is 43.9 Å². The molecule has 1 aromatic carbocycles. The van der Waals surface area contributed by atoms with Crippen molar-refractivity contribution in [2.75, 3.05) is 0 Å². The van der Waals surface area contributed by atoms with Crippen LogP contribution >= 0.6 is 23.2 Å². The minimum Gasteiger partial charge on any atom is -0.324 e. The second kappa shape index (κ2) is 6.62. The number of unbranched alkanes of at least 4 members (excludes halogenated alkanes) is 2. The molecule has 0 radical (unpaired) electrons. The fourth-order valence-corrected chi connectivity index (χ4v) is 2.94. The second-order valence-electron chi connectivity index (χ2n) is 4.98. The van der Waals surface area contributed by atoms with Crippen LogP contribution in [0.4, 0.5) is 0 Å². The minimum absolute atomic E-state index is 0.406. The molecule has 1 atom stereocenters. The van der Waals surface area contributed by atoms with Crippen LogP contribution in [-0.2, 0) is 5.88 Å². The van der Waals surface area contributed by atoms with Gasteiger partial charge in [0.2, 0.25) is 0 Å². The summed E-state index contributed by atoms with van der Waals surface area (Å²) in [6, 6.07) is 6.32. The zero-order valence-electron chi connectivity index (χ0n) is 11.5. The summed E-state index contributed by atoms with van der Waals surface area (Å²) in [7, 11) is 0. The topological polar surface area (TPSA) is 17.8 Å². The Morgan fingerprint density at radius 2 is 2.11 bits per heavy atom. The van der Waals surface area contributed by atoms with E-state index in [4.69, 9.17) is 23.2 Å². The highest BCUT2D eigenvalue weighted by atomic mass is 35.5. The maximum Gasteiger partial charge on any atom is 0.125 e. The number of benzene rings is 1. The van der Waals surface area contributed by atoms with E-state index < -0.39 is 0 Å². The fourth-order valence-electron chi connectivity index (χ4n) is 2.54. The van der Waals surface area contributed by atoms with Crippen molar-refractivity contribution in [2.45, 2.75) is 51.5 Å². The fraction of sp³-hybridized carbons (Fsp3) is 0.533. The van der Waals surface area contributed by atoms with Crippen molar-refractivity contribution in [1.29, 1.82) is 0 Å². The van der Waals surface area contributed by atoms with Gasteiger partial charge >= 0.3 is 0 Å². The highest BCUT2D eigenvalue weighted by Gasteiger charge is 2.16. The van der Waals surface area contributed by atoms with Gasteiger partial charge in [-0.3, -0.25) is 0 Å². The smallest absolute Gasteiger partial charge is 0.125 e. The van der Waals surface area contributed by atoms with Crippen LogP contribution < -0.4 is 0 Å². The molecule has 0 N–H and O–H groups in total. The minimum atomic E-state index is 0.406. The van der Waals surface area contributed by atoms with E-state index in [9.17, 15) is 0 Å². The summed E-state index contributed by atoms with van der Waals surface area (Å²) >= 11 is 12.2. The molecule has 0 spiro atoms. The molecule has 1 unspecified atom stereocenters. The lowest BCUT2D eigenvalue weighted by molar-refractivity contribution is 0.477. The number of para-hydroxylation sites is 1. The molecule has 2 nitrogen and oxygen atoms in total. The second-order valence-corrected chi connectivity index (χ2v) is 5.66. The molecular formula is C15H20Cl2N2. The van der Waals surface area contributed by atoms with Crippen molar-refractivity contribution in [3.05, 3.63) is 29.0 Å². The standard InChI is InChI=1S/C15H20Cl2N2/c1-3-4-5-7-11(2)19-13-9-6-8-12(17)15(13)18-14(19)10-16/h6,8-9,11H,3-5,7,10H2,1-2H3. The van der Waals surface area contributed by atoms with Gasteiger partial charge < -0.3 is 4.57 Å². The van der Waals surface area contributed by atoms with E-state index in [0.29, 0.717) is 16.9 Å². The lowest BCUT2D eigenvalue weighted by Gasteiger charge is -2.16. The Hall–Kier alpha value is -0.730. The molecule has 2 rings (SSSR count). The van der Waals surface area contributed by atoms with Gasteiger partial charge in [0.05, 0.1) is 16.4 Å². The van der Waals surface area contributed by atoms with Gasteiger partial charge in [-0.15, -0.1) is 11.6 Å². The predicted molar refractivity (Wildman–Crippen MR) is 83.2 cm³/mol. The van der Waals surface area contributed by atoms with Crippen LogP contribution in [0.25, 0.3) is 11.0 Å². The molecule has 0 saturated carbocycles. The Balaban J connectivity index is 2.37. The molecule has 0 aliphatic heterocycles. The lowest BCUT2D eigenvalue weighted by Crippen LogP contribution is -2.08. The molecule has 4 heteroatoms. The van der Waals surface area contributed by atoms with Crippen molar-refractivity contribution < 1.29 is 0 Å². The van der Waals surface area contributed by atoms with E-state index in [1.807, 2.05) is 12.1 Å². The number of alkyl halides is 1. The molecule has 0 fully saturated rings. The number of fused-ring (bicyclic) bond motifs is 1. The first-order valence-corrected chi connectivity index (χ1v) is 7.81. The summed E-state index contributed by atoms with van der Waals surface area (Å²) in [5.41, 5.74) is 1.95. The molecule has 104 valence electrons. The van der Waals surface area contributed by atoms with Crippen LogP contribution in [0.2, 0.25) is 5.02 Å². The normalized spacial score (nSPS) is 13.1. The van der Waals surface area contributed by atoms with Crippen LogP contribution in [0.3, 0.4) is 0 Å². The molecule has 0 aliphatic carbocycles. The van der Waals surface area contributed by atoms with Crippen molar-refractivity contribution in [3.8, 4) is 0 Å². The molecule has 2 aromatic rings. The van der Waals surface area contributed by atoms with E-state index >= 15 is 0 Å². The van der Waals surface area contributed by atoms with Crippen LogP contribution in [0, 0.1) is 0 Å². The van der Waals surface area contributed by atoms with Crippen LogP contribution in [-0.4, -0.2) is 9.55 Å². The summed E-state index contributed by atoms with van der Waals surface area (Å²) in [6.07, 6.45) is 4.90. The number of halogens is 2. The average Bonchev–Trinajstić information content (AvgIpc) is 2.79. The Morgan fingerprint density at radius 1 is 1.32 bits per heavy atom. The molecule has 1 aromatic heterocycles. The predicted octanol–water partition coefficient (Wildman–Crippen LogP) is 5.57. The van der Waals surface area contributed by atoms with Crippen LogP contribution in [0.5, 0.6) is 0 Å². The lowest BCUT2D eigenvalue weighted by atomic mass is 10.1. The highest BCUT2D eigenvalue weighted by Crippen LogP contribution is 2.29. The Kier molecular flexibility index (Phi) is 5.12. The zero-order valence-corrected chi connectivity index (χ0v) is 13.0. The highest BCUT2D eigenvalue weighted by molar-refractivity contribution is 6.35.